The van der Waals surface area contributed by atoms with Crippen LogP contribution in [0.2, 0.25) is 6.04 Å². The van der Waals surface area contributed by atoms with Gasteiger partial charge in [0.05, 0.1) is 13.2 Å². The molecule has 32 heavy (non-hydrogen) atoms. The van der Waals surface area contributed by atoms with Gasteiger partial charge < -0.3 is 22.8 Å². The maximum Gasteiger partial charge on any atom is 0.500 e. The van der Waals surface area contributed by atoms with Gasteiger partial charge in [0, 0.05) is 31.9 Å². The van der Waals surface area contributed by atoms with Gasteiger partial charge in [-0.2, -0.15) is 0 Å². The lowest BCUT2D eigenvalue weighted by Crippen LogP contribution is -2.45. The Balaban J connectivity index is 2.22. The standard InChI is InChI=1S/C25H42O6Si/c1-5-9-20-27-24-17-14-23(15-18-24)16-19-25(26)28-21-12-10-11-13-22-32(29-6-2,30-7-3)31-8-4/h14-19H,5-13,20-22H2,1-4H3/b19-16+. The summed E-state index contributed by atoms with van der Waals surface area (Å²) in [6, 6.07) is 8.53. The summed E-state index contributed by atoms with van der Waals surface area (Å²) in [5.74, 6) is 0.533. The summed E-state index contributed by atoms with van der Waals surface area (Å²) in [5, 5.41) is 0. The normalized spacial score (nSPS) is 11.8. The number of hydrogen-bond acceptors (Lipinski definition) is 6. The van der Waals surface area contributed by atoms with Gasteiger partial charge in [0.1, 0.15) is 5.75 Å². The quantitative estimate of drug-likeness (QED) is 0.107. The van der Waals surface area contributed by atoms with E-state index in [0.29, 0.717) is 26.4 Å². The first kappa shape index (κ1) is 28.4. The summed E-state index contributed by atoms with van der Waals surface area (Å²) in [6.07, 6.45) is 9.24. The summed E-state index contributed by atoms with van der Waals surface area (Å²) >= 11 is 0. The molecule has 0 spiro atoms. The number of hydrogen-bond donors (Lipinski definition) is 0. The summed E-state index contributed by atoms with van der Waals surface area (Å²) in [7, 11) is -2.54. The molecule has 0 saturated carbocycles. The highest BCUT2D eigenvalue weighted by molar-refractivity contribution is 6.60. The Bertz CT molecular complexity index is 615. The molecule has 0 unspecified atom stereocenters. The van der Waals surface area contributed by atoms with Gasteiger partial charge in [0.25, 0.3) is 0 Å². The predicted molar refractivity (Wildman–Crippen MR) is 131 cm³/mol. The molecule has 7 heteroatoms. The van der Waals surface area contributed by atoms with Crippen molar-refractivity contribution in [2.24, 2.45) is 0 Å². The minimum absolute atomic E-state index is 0.316. The van der Waals surface area contributed by atoms with Crippen molar-refractivity contribution in [3.63, 3.8) is 0 Å². The fourth-order valence-electron chi connectivity index (χ4n) is 3.19. The van der Waals surface area contributed by atoms with Crippen LogP contribution in [0.25, 0.3) is 6.08 Å². The summed E-state index contributed by atoms with van der Waals surface area (Å²) in [5.41, 5.74) is 0.940. The highest BCUT2D eigenvalue weighted by Crippen LogP contribution is 2.20. The maximum atomic E-state index is 11.9. The molecule has 0 aliphatic carbocycles. The first-order valence-corrected chi connectivity index (χ1v) is 14.0. The second kappa shape index (κ2) is 17.8. The molecule has 0 radical (unpaired) electrons. The molecular weight excluding hydrogens is 424 g/mol. The largest absolute Gasteiger partial charge is 0.500 e. The lowest BCUT2D eigenvalue weighted by Gasteiger charge is -2.28. The van der Waals surface area contributed by atoms with E-state index in [-0.39, 0.29) is 5.97 Å². The van der Waals surface area contributed by atoms with E-state index in [9.17, 15) is 4.79 Å². The van der Waals surface area contributed by atoms with E-state index < -0.39 is 8.80 Å². The zero-order valence-corrected chi connectivity index (χ0v) is 21.4. The monoisotopic (exact) mass is 466 g/mol. The number of carbonyl (C=O) groups is 1. The summed E-state index contributed by atoms with van der Waals surface area (Å²) in [6.45, 7) is 11.0. The molecule has 0 aromatic heterocycles. The maximum absolute atomic E-state index is 11.9. The van der Waals surface area contributed by atoms with E-state index in [1.165, 1.54) is 6.08 Å². The fourth-order valence-corrected chi connectivity index (χ4v) is 5.88. The number of unbranched alkanes of at least 4 members (excludes halogenated alkanes) is 4. The Hall–Kier alpha value is -1.67. The molecule has 1 rings (SSSR count). The SMILES string of the molecule is CCCCOc1ccc(/C=C/C(=O)OCCCCCC[Si](OCC)(OCC)OCC)cc1. The molecule has 0 saturated heterocycles. The van der Waals surface area contributed by atoms with Gasteiger partial charge in [-0.1, -0.05) is 38.3 Å². The summed E-state index contributed by atoms with van der Waals surface area (Å²) in [4.78, 5) is 11.9. The van der Waals surface area contributed by atoms with Crippen LogP contribution < -0.4 is 4.74 Å². The number of carbonyl (C=O) groups excluding carboxylic acids is 1. The Morgan fingerprint density at radius 3 is 2.03 bits per heavy atom. The minimum Gasteiger partial charge on any atom is -0.494 e. The van der Waals surface area contributed by atoms with Gasteiger partial charge in [-0.3, -0.25) is 0 Å². The van der Waals surface area contributed by atoms with E-state index in [1.807, 2.05) is 45.0 Å². The molecule has 0 amide bonds. The first-order valence-electron chi connectivity index (χ1n) is 12.1. The third-order valence-electron chi connectivity index (χ3n) is 4.77. The number of rotatable bonds is 19. The van der Waals surface area contributed by atoms with Crippen LogP contribution in [0.3, 0.4) is 0 Å². The van der Waals surface area contributed by atoms with Crippen molar-refractivity contribution < 1.29 is 27.5 Å². The van der Waals surface area contributed by atoms with Crippen LogP contribution >= 0.6 is 0 Å². The Morgan fingerprint density at radius 1 is 0.812 bits per heavy atom. The van der Waals surface area contributed by atoms with Crippen LogP contribution in [0.5, 0.6) is 5.75 Å². The van der Waals surface area contributed by atoms with Gasteiger partial charge >= 0.3 is 14.8 Å². The molecule has 0 bridgehead atoms. The molecule has 0 fully saturated rings. The third kappa shape index (κ3) is 12.4. The van der Waals surface area contributed by atoms with Crippen LogP contribution in [0.4, 0.5) is 0 Å². The highest BCUT2D eigenvalue weighted by atomic mass is 28.4. The number of esters is 1. The van der Waals surface area contributed by atoms with Crippen molar-refractivity contribution in [1.29, 1.82) is 0 Å². The van der Waals surface area contributed by atoms with Crippen molar-refractivity contribution in [1.82, 2.24) is 0 Å². The van der Waals surface area contributed by atoms with Crippen LogP contribution in [0.1, 0.15) is 71.8 Å². The molecule has 0 aliphatic heterocycles. The lowest BCUT2D eigenvalue weighted by atomic mass is 10.2. The molecule has 0 N–H and O–H groups in total. The molecule has 182 valence electrons. The number of ether oxygens (including phenoxy) is 2. The average Bonchev–Trinajstić information content (AvgIpc) is 2.78. The van der Waals surface area contributed by atoms with Crippen LogP contribution in [0.15, 0.2) is 30.3 Å². The van der Waals surface area contributed by atoms with Crippen molar-refractivity contribution >= 4 is 20.8 Å². The predicted octanol–water partition coefficient (Wildman–Crippen LogP) is 6.03. The fraction of sp³-hybridized carbons (Fsp3) is 0.640. The first-order chi connectivity index (χ1) is 15.6. The van der Waals surface area contributed by atoms with Crippen LogP contribution in [-0.4, -0.2) is 47.8 Å². The highest BCUT2D eigenvalue weighted by Gasteiger charge is 2.39. The van der Waals surface area contributed by atoms with E-state index >= 15 is 0 Å². The molecule has 0 aliphatic rings. The number of benzene rings is 1. The molecule has 6 nitrogen and oxygen atoms in total. The zero-order chi connectivity index (χ0) is 23.5. The second-order valence-electron chi connectivity index (χ2n) is 7.42. The van der Waals surface area contributed by atoms with Gasteiger partial charge in [0.15, 0.2) is 0 Å². The summed E-state index contributed by atoms with van der Waals surface area (Å²) < 4.78 is 28.6. The Labute approximate surface area is 195 Å². The van der Waals surface area contributed by atoms with Crippen molar-refractivity contribution in [2.75, 3.05) is 33.0 Å². The van der Waals surface area contributed by atoms with E-state index in [2.05, 4.69) is 6.92 Å². The molecular formula is C25H42O6Si. The molecule has 0 atom stereocenters. The van der Waals surface area contributed by atoms with Gasteiger partial charge in [-0.15, -0.1) is 0 Å². The van der Waals surface area contributed by atoms with Crippen molar-refractivity contribution in [3.8, 4) is 5.75 Å². The topological polar surface area (TPSA) is 63.2 Å². The van der Waals surface area contributed by atoms with Crippen LogP contribution in [0, 0.1) is 0 Å². The van der Waals surface area contributed by atoms with E-state index in [1.54, 1.807) is 6.08 Å². The third-order valence-corrected chi connectivity index (χ3v) is 7.92. The van der Waals surface area contributed by atoms with Crippen molar-refractivity contribution in [2.45, 2.75) is 72.3 Å². The molecule has 1 aromatic rings. The van der Waals surface area contributed by atoms with E-state index in [4.69, 9.17) is 22.8 Å². The van der Waals surface area contributed by atoms with Gasteiger partial charge in [-0.25, -0.2) is 4.79 Å². The Kier molecular flexibility index (Phi) is 15.8. The Morgan fingerprint density at radius 2 is 1.44 bits per heavy atom. The zero-order valence-electron chi connectivity index (χ0n) is 20.4. The molecule has 1 aromatic carbocycles. The molecule has 0 heterocycles. The van der Waals surface area contributed by atoms with Gasteiger partial charge in [0.2, 0.25) is 0 Å². The van der Waals surface area contributed by atoms with Crippen molar-refractivity contribution in [3.05, 3.63) is 35.9 Å². The van der Waals surface area contributed by atoms with Crippen LogP contribution in [-0.2, 0) is 22.8 Å². The average molecular weight is 467 g/mol. The second-order valence-corrected chi connectivity index (χ2v) is 10.2. The minimum atomic E-state index is -2.54. The van der Waals surface area contributed by atoms with E-state index in [0.717, 1.165) is 62.5 Å². The van der Waals surface area contributed by atoms with Gasteiger partial charge in [-0.05, 0) is 63.8 Å². The smallest absolute Gasteiger partial charge is 0.494 e. The lowest BCUT2D eigenvalue weighted by molar-refractivity contribution is -0.137.